The molecule has 8 heteroatoms. The second-order valence-corrected chi connectivity index (χ2v) is 5.88. The zero-order chi connectivity index (χ0) is 17.5. The van der Waals surface area contributed by atoms with Crippen molar-refractivity contribution < 1.29 is 4.79 Å². The number of likely N-dealkylation sites (N-methyl/N-ethyl adjacent to an activating group) is 2. The van der Waals surface area contributed by atoms with Crippen LogP contribution in [0.2, 0.25) is 0 Å². The second-order valence-electron chi connectivity index (χ2n) is 5.88. The van der Waals surface area contributed by atoms with E-state index in [2.05, 4.69) is 58.7 Å². The summed E-state index contributed by atoms with van der Waals surface area (Å²) in [6, 6.07) is 8.03. The summed E-state index contributed by atoms with van der Waals surface area (Å²) < 4.78 is 1.70. The third kappa shape index (κ3) is 6.52. The first kappa shape index (κ1) is 24.2. The molecule has 1 atom stereocenters. The quantitative estimate of drug-likeness (QED) is 0.712. The lowest BCUT2D eigenvalue weighted by Crippen LogP contribution is -2.40. The maximum absolute atomic E-state index is 12.4. The van der Waals surface area contributed by atoms with Crippen LogP contribution in [0, 0.1) is 6.92 Å². The number of hydrogen-bond donors (Lipinski definition) is 2. The van der Waals surface area contributed by atoms with E-state index < -0.39 is 0 Å². The monoisotopic (exact) mass is 401 g/mol. The molecule has 0 saturated heterocycles. The molecule has 6 nitrogen and oxygen atoms in total. The predicted molar refractivity (Wildman–Crippen MR) is 112 cm³/mol. The Kier molecular flexibility index (Phi) is 11.0. The molecule has 0 fully saturated rings. The molecule has 1 unspecified atom stereocenters. The normalized spacial score (nSPS) is 11.1. The van der Waals surface area contributed by atoms with Crippen molar-refractivity contribution in [3.63, 3.8) is 0 Å². The molecule has 146 valence electrons. The van der Waals surface area contributed by atoms with Crippen molar-refractivity contribution >= 4 is 36.4 Å². The zero-order valence-electron chi connectivity index (χ0n) is 15.7. The van der Waals surface area contributed by atoms with Gasteiger partial charge in [-0.15, -0.1) is 24.8 Å². The Bertz CT molecular complexity index is 677. The number of anilines is 1. The fraction of sp³-hybridized carbons (Fsp3) is 0.444. The third-order valence-corrected chi connectivity index (χ3v) is 4.04. The van der Waals surface area contributed by atoms with Crippen molar-refractivity contribution in [2.45, 2.75) is 19.9 Å². The summed E-state index contributed by atoms with van der Waals surface area (Å²) in [7, 11) is 3.62. The van der Waals surface area contributed by atoms with Crippen LogP contribution in [-0.4, -0.2) is 42.4 Å². The molecule has 0 aliphatic carbocycles. The molecular formula is C18H29Cl2N5O. The first-order valence-electron chi connectivity index (χ1n) is 8.30. The lowest BCUT2D eigenvalue weighted by molar-refractivity contribution is -0.123. The van der Waals surface area contributed by atoms with Crippen LogP contribution in [0.3, 0.4) is 0 Å². The largest absolute Gasteiger partial charge is 0.370 e. The molecule has 2 N–H and O–H groups in total. The van der Waals surface area contributed by atoms with E-state index in [0.29, 0.717) is 6.54 Å². The molecule has 0 radical (unpaired) electrons. The van der Waals surface area contributed by atoms with E-state index in [-0.39, 0.29) is 36.8 Å². The van der Waals surface area contributed by atoms with Crippen LogP contribution in [0.1, 0.15) is 24.1 Å². The van der Waals surface area contributed by atoms with Crippen LogP contribution < -0.4 is 15.5 Å². The summed E-state index contributed by atoms with van der Waals surface area (Å²) in [5.41, 5.74) is 3.29. The number of carbonyl (C=O) groups excluding carboxylic acids is 1. The number of nitrogens with zero attached hydrogens (tertiary/aromatic N) is 3. The minimum Gasteiger partial charge on any atom is -0.370 e. The number of amides is 1. The van der Waals surface area contributed by atoms with Crippen molar-refractivity contribution in [3.8, 4) is 0 Å². The number of halogens is 2. The van der Waals surface area contributed by atoms with Gasteiger partial charge in [0.1, 0.15) is 6.04 Å². The molecule has 0 aliphatic rings. The summed E-state index contributed by atoms with van der Waals surface area (Å²) >= 11 is 0. The Hall–Kier alpha value is -1.76. The van der Waals surface area contributed by atoms with Crippen LogP contribution in [0.4, 0.5) is 5.69 Å². The van der Waals surface area contributed by atoms with E-state index in [0.717, 1.165) is 18.7 Å². The van der Waals surface area contributed by atoms with E-state index in [9.17, 15) is 4.79 Å². The smallest absolute Gasteiger partial charge is 0.241 e. The number of aromatic nitrogens is 2. The molecule has 26 heavy (non-hydrogen) atoms. The minimum atomic E-state index is -0.382. The molecule has 0 bridgehead atoms. The highest BCUT2D eigenvalue weighted by molar-refractivity contribution is 5.85. The molecule has 1 aromatic carbocycles. The van der Waals surface area contributed by atoms with Crippen molar-refractivity contribution in [1.29, 1.82) is 0 Å². The summed E-state index contributed by atoms with van der Waals surface area (Å²) in [5, 5.41) is 10.2. The average molecular weight is 402 g/mol. The fourth-order valence-corrected chi connectivity index (χ4v) is 2.75. The molecule has 0 aliphatic heterocycles. The van der Waals surface area contributed by atoms with Crippen molar-refractivity contribution in [3.05, 3.63) is 47.8 Å². The minimum absolute atomic E-state index is 0. The Morgan fingerprint density at radius 3 is 2.62 bits per heavy atom. The molecular weight excluding hydrogens is 373 g/mol. The number of carbonyl (C=O) groups is 1. The standard InChI is InChI=1S/C18H27N5O.2ClH/c1-5-23(16-8-6-7-14(2)11-16)10-9-20-18(24)17(19-3)15-12-21-22(4)13-15;;/h6-8,11-13,17,19H,5,9-10H2,1-4H3,(H,20,24);2*1H. The van der Waals surface area contributed by atoms with Gasteiger partial charge in [-0.1, -0.05) is 12.1 Å². The molecule has 0 saturated carbocycles. The van der Waals surface area contributed by atoms with Gasteiger partial charge in [-0.3, -0.25) is 9.48 Å². The van der Waals surface area contributed by atoms with Gasteiger partial charge in [0.2, 0.25) is 5.91 Å². The first-order valence-corrected chi connectivity index (χ1v) is 8.30. The lowest BCUT2D eigenvalue weighted by Gasteiger charge is -2.24. The van der Waals surface area contributed by atoms with Gasteiger partial charge in [-0.05, 0) is 38.6 Å². The molecule has 2 aromatic rings. The topological polar surface area (TPSA) is 62.2 Å². The van der Waals surface area contributed by atoms with Gasteiger partial charge >= 0.3 is 0 Å². The van der Waals surface area contributed by atoms with Crippen LogP contribution in [0.25, 0.3) is 0 Å². The van der Waals surface area contributed by atoms with E-state index >= 15 is 0 Å². The maximum atomic E-state index is 12.4. The highest BCUT2D eigenvalue weighted by atomic mass is 35.5. The molecule has 1 heterocycles. The van der Waals surface area contributed by atoms with Crippen LogP contribution >= 0.6 is 24.8 Å². The van der Waals surface area contributed by atoms with E-state index in [1.807, 2.05) is 13.2 Å². The van der Waals surface area contributed by atoms with Gasteiger partial charge in [0, 0.05) is 44.1 Å². The van der Waals surface area contributed by atoms with Crippen molar-refractivity contribution in [1.82, 2.24) is 20.4 Å². The number of rotatable bonds is 8. The summed E-state index contributed by atoms with van der Waals surface area (Å²) in [4.78, 5) is 14.7. The number of nitrogens with one attached hydrogen (secondary N) is 2. The Morgan fingerprint density at radius 1 is 1.35 bits per heavy atom. The summed E-state index contributed by atoms with van der Waals surface area (Å²) in [6.07, 6.45) is 3.57. The summed E-state index contributed by atoms with van der Waals surface area (Å²) in [6.45, 7) is 6.48. The van der Waals surface area contributed by atoms with Crippen LogP contribution in [0.5, 0.6) is 0 Å². The summed E-state index contributed by atoms with van der Waals surface area (Å²) in [5.74, 6) is -0.0363. The highest BCUT2D eigenvalue weighted by Crippen LogP contribution is 2.15. The SMILES string of the molecule is CCN(CCNC(=O)C(NC)c1cnn(C)c1)c1cccc(C)c1.Cl.Cl. The van der Waals surface area contributed by atoms with Gasteiger partial charge in [-0.25, -0.2) is 0 Å². The second kappa shape index (κ2) is 11.8. The Morgan fingerprint density at radius 2 is 2.08 bits per heavy atom. The van der Waals surface area contributed by atoms with Gasteiger partial charge in [0.15, 0.2) is 0 Å². The van der Waals surface area contributed by atoms with Crippen LogP contribution in [-0.2, 0) is 11.8 Å². The van der Waals surface area contributed by atoms with Gasteiger partial charge in [0.25, 0.3) is 0 Å². The van der Waals surface area contributed by atoms with Crippen LogP contribution in [0.15, 0.2) is 36.7 Å². The first-order chi connectivity index (χ1) is 11.5. The van der Waals surface area contributed by atoms with Gasteiger partial charge < -0.3 is 15.5 Å². The molecule has 1 aromatic heterocycles. The van der Waals surface area contributed by atoms with Gasteiger partial charge in [0.05, 0.1) is 6.20 Å². The molecule has 0 spiro atoms. The fourth-order valence-electron chi connectivity index (χ4n) is 2.75. The van der Waals surface area contributed by atoms with E-state index in [4.69, 9.17) is 0 Å². The number of hydrogen-bond acceptors (Lipinski definition) is 4. The number of aryl methyl sites for hydroxylation is 2. The Labute approximate surface area is 168 Å². The molecule has 1 amide bonds. The predicted octanol–water partition coefficient (Wildman–Crippen LogP) is 2.48. The molecule has 2 rings (SSSR count). The maximum Gasteiger partial charge on any atom is 0.241 e. The highest BCUT2D eigenvalue weighted by Gasteiger charge is 2.19. The average Bonchev–Trinajstić information content (AvgIpc) is 2.98. The lowest BCUT2D eigenvalue weighted by atomic mass is 10.1. The number of benzene rings is 1. The van der Waals surface area contributed by atoms with E-state index in [1.54, 1.807) is 17.9 Å². The Balaban J connectivity index is 0.00000312. The van der Waals surface area contributed by atoms with E-state index in [1.165, 1.54) is 11.3 Å². The van der Waals surface area contributed by atoms with Gasteiger partial charge in [-0.2, -0.15) is 5.10 Å². The zero-order valence-corrected chi connectivity index (χ0v) is 17.4. The van der Waals surface area contributed by atoms with Crippen molar-refractivity contribution in [2.75, 3.05) is 31.6 Å². The van der Waals surface area contributed by atoms with Crippen molar-refractivity contribution in [2.24, 2.45) is 7.05 Å². The third-order valence-electron chi connectivity index (χ3n) is 4.04.